The molecule has 1 atom stereocenters. The number of piperidine rings is 1. The van der Waals surface area contributed by atoms with Crippen molar-refractivity contribution >= 4 is 5.91 Å². The van der Waals surface area contributed by atoms with Crippen molar-refractivity contribution in [1.82, 2.24) is 10.6 Å². The number of amides is 1. The fourth-order valence-electron chi connectivity index (χ4n) is 3.86. The zero-order chi connectivity index (χ0) is 11.9. The van der Waals surface area contributed by atoms with E-state index in [1.165, 1.54) is 38.5 Å². The molecule has 1 aliphatic heterocycles. The summed E-state index contributed by atoms with van der Waals surface area (Å²) in [4.78, 5) is 12.3. The summed E-state index contributed by atoms with van der Waals surface area (Å²) >= 11 is 0. The van der Waals surface area contributed by atoms with Gasteiger partial charge in [-0.15, -0.1) is 0 Å². The largest absolute Gasteiger partial charge is 0.351 e. The molecular weight excluding hydrogens is 212 g/mol. The summed E-state index contributed by atoms with van der Waals surface area (Å²) in [7, 11) is 0. The van der Waals surface area contributed by atoms with E-state index in [-0.39, 0.29) is 5.54 Å². The molecule has 0 aromatic heterocycles. The minimum absolute atomic E-state index is 0.105. The van der Waals surface area contributed by atoms with Gasteiger partial charge in [0.05, 0.1) is 0 Å². The first-order chi connectivity index (χ1) is 8.14. The van der Waals surface area contributed by atoms with Crippen LogP contribution >= 0.6 is 0 Å². The van der Waals surface area contributed by atoms with Crippen LogP contribution in [0, 0.1) is 11.3 Å². The topological polar surface area (TPSA) is 41.1 Å². The lowest BCUT2D eigenvalue weighted by atomic mass is 9.91. The number of carbonyl (C=O) groups is 1. The second-order valence-corrected chi connectivity index (χ2v) is 6.63. The first-order valence-electron chi connectivity index (χ1n) is 7.16. The van der Waals surface area contributed by atoms with Crippen molar-refractivity contribution in [2.75, 3.05) is 13.1 Å². The zero-order valence-electron chi connectivity index (χ0n) is 10.8. The third kappa shape index (κ3) is 2.10. The molecule has 0 aromatic rings. The second-order valence-electron chi connectivity index (χ2n) is 6.63. The van der Waals surface area contributed by atoms with E-state index < -0.39 is 0 Å². The molecule has 3 nitrogen and oxygen atoms in total. The average Bonchev–Trinajstić information content (AvgIpc) is 2.82. The lowest BCUT2D eigenvalue weighted by molar-refractivity contribution is -0.125. The summed E-state index contributed by atoms with van der Waals surface area (Å²) in [5.74, 6) is 0.665. The molecule has 1 amide bonds. The molecule has 1 spiro atoms. The van der Waals surface area contributed by atoms with Gasteiger partial charge in [-0.05, 0) is 57.5 Å². The third-order valence-corrected chi connectivity index (χ3v) is 5.24. The maximum Gasteiger partial charge on any atom is 0.224 e. The Labute approximate surface area is 104 Å². The lowest BCUT2D eigenvalue weighted by Gasteiger charge is -2.27. The summed E-state index contributed by atoms with van der Waals surface area (Å²) in [5.41, 5.74) is 0.484. The summed E-state index contributed by atoms with van der Waals surface area (Å²) in [5, 5.41) is 6.72. The van der Waals surface area contributed by atoms with Crippen LogP contribution in [0.3, 0.4) is 0 Å². The molecule has 1 heterocycles. The molecule has 3 heteroatoms. The van der Waals surface area contributed by atoms with Gasteiger partial charge in [0.25, 0.3) is 0 Å². The van der Waals surface area contributed by atoms with E-state index in [2.05, 4.69) is 17.6 Å². The number of hydrogen-bond donors (Lipinski definition) is 2. The Kier molecular flexibility index (Phi) is 2.69. The molecule has 17 heavy (non-hydrogen) atoms. The predicted octanol–water partition coefficient (Wildman–Crippen LogP) is 1.82. The highest BCUT2D eigenvalue weighted by atomic mass is 16.2. The van der Waals surface area contributed by atoms with Crippen LogP contribution in [-0.2, 0) is 4.79 Å². The maximum atomic E-state index is 12.3. The second kappa shape index (κ2) is 3.98. The Morgan fingerprint density at radius 2 is 1.82 bits per heavy atom. The summed E-state index contributed by atoms with van der Waals surface area (Å²) in [6, 6.07) is 0. The Morgan fingerprint density at radius 3 is 2.47 bits per heavy atom. The SMILES string of the molecule is CC1(NC(=O)C2CC23CCNCC3)CCCC1. The van der Waals surface area contributed by atoms with Crippen molar-refractivity contribution in [3.05, 3.63) is 0 Å². The van der Waals surface area contributed by atoms with Crippen LogP contribution in [0.5, 0.6) is 0 Å². The molecule has 2 saturated carbocycles. The van der Waals surface area contributed by atoms with Gasteiger partial charge in [0.15, 0.2) is 0 Å². The van der Waals surface area contributed by atoms with Gasteiger partial charge in [-0.1, -0.05) is 12.8 Å². The van der Waals surface area contributed by atoms with E-state index in [9.17, 15) is 4.79 Å². The molecule has 96 valence electrons. The average molecular weight is 236 g/mol. The van der Waals surface area contributed by atoms with Crippen LogP contribution in [0.15, 0.2) is 0 Å². The number of nitrogens with one attached hydrogen (secondary N) is 2. The molecule has 0 aromatic carbocycles. The van der Waals surface area contributed by atoms with Crippen molar-refractivity contribution < 1.29 is 4.79 Å². The fourth-order valence-corrected chi connectivity index (χ4v) is 3.86. The molecule has 3 aliphatic rings. The monoisotopic (exact) mass is 236 g/mol. The quantitative estimate of drug-likeness (QED) is 0.768. The normalized spacial score (nSPS) is 33.6. The van der Waals surface area contributed by atoms with Crippen LogP contribution in [0.4, 0.5) is 0 Å². The third-order valence-electron chi connectivity index (χ3n) is 5.24. The van der Waals surface area contributed by atoms with Crippen molar-refractivity contribution in [3.63, 3.8) is 0 Å². The lowest BCUT2D eigenvalue weighted by Crippen LogP contribution is -2.45. The standard InChI is InChI=1S/C14H24N2O/c1-13(4-2-3-5-13)16-12(17)11-10-14(11)6-8-15-9-7-14/h11,15H,2-10H2,1H3,(H,16,17). The van der Waals surface area contributed by atoms with Gasteiger partial charge in [-0.25, -0.2) is 0 Å². The maximum absolute atomic E-state index is 12.3. The Hall–Kier alpha value is -0.570. The van der Waals surface area contributed by atoms with Gasteiger partial charge >= 0.3 is 0 Å². The zero-order valence-corrected chi connectivity index (χ0v) is 10.8. The van der Waals surface area contributed by atoms with E-state index in [1.807, 2.05) is 0 Å². The van der Waals surface area contributed by atoms with Crippen LogP contribution in [0.1, 0.15) is 51.9 Å². The number of rotatable bonds is 2. The molecule has 1 unspecified atom stereocenters. The Morgan fingerprint density at radius 1 is 1.18 bits per heavy atom. The van der Waals surface area contributed by atoms with E-state index in [0.717, 1.165) is 19.5 Å². The van der Waals surface area contributed by atoms with E-state index in [4.69, 9.17) is 0 Å². The number of carbonyl (C=O) groups excluding carboxylic acids is 1. The molecule has 3 rings (SSSR count). The highest BCUT2D eigenvalue weighted by Crippen LogP contribution is 2.58. The molecule has 3 fully saturated rings. The van der Waals surface area contributed by atoms with E-state index in [0.29, 0.717) is 17.2 Å². The van der Waals surface area contributed by atoms with E-state index in [1.54, 1.807) is 0 Å². The summed E-state index contributed by atoms with van der Waals surface area (Å²) in [6.45, 7) is 4.41. The highest BCUT2D eigenvalue weighted by molar-refractivity contribution is 5.83. The molecule has 1 saturated heterocycles. The van der Waals surface area contributed by atoms with Gasteiger partial charge in [0.2, 0.25) is 5.91 Å². The van der Waals surface area contributed by atoms with E-state index >= 15 is 0 Å². The molecular formula is C14H24N2O. The molecule has 0 radical (unpaired) electrons. The first kappa shape index (κ1) is 11.5. The summed E-state index contributed by atoms with van der Waals surface area (Å²) in [6.07, 6.45) is 8.41. The molecule has 0 bridgehead atoms. The first-order valence-corrected chi connectivity index (χ1v) is 7.16. The van der Waals surface area contributed by atoms with Crippen molar-refractivity contribution in [2.45, 2.75) is 57.4 Å². The fraction of sp³-hybridized carbons (Fsp3) is 0.929. The smallest absolute Gasteiger partial charge is 0.224 e. The van der Waals surface area contributed by atoms with Crippen molar-refractivity contribution in [1.29, 1.82) is 0 Å². The minimum atomic E-state index is 0.105. The van der Waals surface area contributed by atoms with Gasteiger partial charge in [-0.2, -0.15) is 0 Å². The van der Waals surface area contributed by atoms with Crippen LogP contribution in [0.25, 0.3) is 0 Å². The Bertz CT molecular complexity index is 314. The predicted molar refractivity (Wildman–Crippen MR) is 67.7 cm³/mol. The molecule has 2 N–H and O–H groups in total. The van der Waals surface area contributed by atoms with Crippen LogP contribution < -0.4 is 10.6 Å². The van der Waals surface area contributed by atoms with Gasteiger partial charge in [0.1, 0.15) is 0 Å². The number of hydrogen-bond acceptors (Lipinski definition) is 2. The van der Waals surface area contributed by atoms with Crippen LogP contribution in [-0.4, -0.2) is 24.5 Å². The highest BCUT2D eigenvalue weighted by Gasteiger charge is 2.58. The van der Waals surface area contributed by atoms with Gasteiger partial charge in [0, 0.05) is 11.5 Å². The van der Waals surface area contributed by atoms with Gasteiger partial charge in [-0.3, -0.25) is 4.79 Å². The van der Waals surface area contributed by atoms with Crippen molar-refractivity contribution in [2.24, 2.45) is 11.3 Å². The van der Waals surface area contributed by atoms with Crippen LogP contribution in [0.2, 0.25) is 0 Å². The Balaban J connectivity index is 1.57. The summed E-state index contributed by atoms with van der Waals surface area (Å²) < 4.78 is 0. The van der Waals surface area contributed by atoms with Crippen molar-refractivity contribution in [3.8, 4) is 0 Å². The minimum Gasteiger partial charge on any atom is -0.351 e. The van der Waals surface area contributed by atoms with Gasteiger partial charge < -0.3 is 10.6 Å². The molecule has 2 aliphatic carbocycles.